The smallest absolute Gasteiger partial charge is 0.256 e. The molecule has 92 valence electrons. The number of amides is 1. The van der Waals surface area contributed by atoms with Crippen LogP contribution in [0.1, 0.15) is 23.7 Å². The fourth-order valence-corrected chi connectivity index (χ4v) is 1.47. The number of carbonyl (C=O) groups excluding carboxylic acids is 2. The van der Waals surface area contributed by atoms with Crippen LogP contribution in [0.15, 0.2) is 18.2 Å². The van der Waals surface area contributed by atoms with Gasteiger partial charge in [-0.25, -0.2) is 4.39 Å². The number of ketones is 1. The monoisotopic (exact) mass is 257 g/mol. The van der Waals surface area contributed by atoms with Gasteiger partial charge in [0, 0.05) is 25.0 Å². The lowest BCUT2D eigenvalue weighted by Crippen LogP contribution is -2.29. The minimum atomic E-state index is -0.617. The first-order valence-corrected chi connectivity index (χ1v) is 5.49. The fraction of sp³-hybridized carbons (Fsp3) is 0.333. The third-order valence-electron chi connectivity index (χ3n) is 2.30. The molecule has 0 aliphatic heterocycles. The van der Waals surface area contributed by atoms with Crippen LogP contribution in [0.2, 0.25) is 5.02 Å². The first kappa shape index (κ1) is 13.6. The molecule has 0 atom stereocenters. The van der Waals surface area contributed by atoms with Crippen molar-refractivity contribution in [3.05, 3.63) is 34.6 Å². The van der Waals surface area contributed by atoms with Gasteiger partial charge in [-0.1, -0.05) is 11.6 Å². The van der Waals surface area contributed by atoms with Crippen LogP contribution in [0, 0.1) is 5.82 Å². The van der Waals surface area contributed by atoms with Crippen molar-refractivity contribution in [1.82, 2.24) is 4.90 Å². The normalized spacial score (nSPS) is 10.1. The molecule has 0 aromatic heterocycles. The van der Waals surface area contributed by atoms with Gasteiger partial charge in [0.05, 0.1) is 5.56 Å². The van der Waals surface area contributed by atoms with E-state index in [4.69, 9.17) is 11.6 Å². The van der Waals surface area contributed by atoms with E-state index >= 15 is 0 Å². The summed E-state index contributed by atoms with van der Waals surface area (Å²) in [7, 11) is 1.52. The van der Waals surface area contributed by atoms with Crippen LogP contribution < -0.4 is 0 Å². The maximum absolute atomic E-state index is 13.4. The van der Waals surface area contributed by atoms with Crippen LogP contribution in [0.5, 0.6) is 0 Å². The van der Waals surface area contributed by atoms with E-state index in [0.717, 1.165) is 6.07 Å². The van der Waals surface area contributed by atoms with Crippen LogP contribution in [0.4, 0.5) is 4.39 Å². The van der Waals surface area contributed by atoms with Gasteiger partial charge in [0.15, 0.2) is 0 Å². The van der Waals surface area contributed by atoms with E-state index in [1.165, 1.54) is 31.0 Å². The van der Waals surface area contributed by atoms with Crippen molar-refractivity contribution in [3.8, 4) is 0 Å². The second-order valence-corrected chi connectivity index (χ2v) is 4.24. The van der Waals surface area contributed by atoms with Gasteiger partial charge in [-0.2, -0.15) is 0 Å². The Kier molecular flexibility index (Phi) is 4.63. The molecule has 0 unspecified atom stereocenters. The summed E-state index contributed by atoms with van der Waals surface area (Å²) in [6, 6.07) is 3.81. The highest BCUT2D eigenvalue weighted by molar-refractivity contribution is 6.30. The number of benzene rings is 1. The standard InChI is InChI=1S/C12H13ClFNO2/c1-8(16)5-6-15(2)12(17)10-7-9(13)3-4-11(10)14/h3-4,7H,5-6H2,1-2H3. The topological polar surface area (TPSA) is 37.4 Å². The molecule has 0 fully saturated rings. The summed E-state index contributed by atoms with van der Waals surface area (Å²) in [5, 5.41) is 0.301. The first-order chi connectivity index (χ1) is 7.91. The van der Waals surface area contributed by atoms with Crippen molar-refractivity contribution < 1.29 is 14.0 Å². The second kappa shape index (κ2) is 5.77. The SMILES string of the molecule is CC(=O)CCN(C)C(=O)c1cc(Cl)ccc1F. The lowest BCUT2D eigenvalue weighted by atomic mass is 10.2. The molecule has 0 saturated heterocycles. The third kappa shape index (κ3) is 3.82. The Morgan fingerprint density at radius 3 is 2.65 bits per heavy atom. The quantitative estimate of drug-likeness (QED) is 0.831. The predicted octanol–water partition coefficient (Wildman–Crippen LogP) is 2.53. The molecule has 1 amide bonds. The van der Waals surface area contributed by atoms with Gasteiger partial charge in [-0.05, 0) is 25.1 Å². The molecule has 0 bridgehead atoms. The molecular weight excluding hydrogens is 245 g/mol. The fourth-order valence-electron chi connectivity index (χ4n) is 1.29. The molecule has 0 N–H and O–H groups in total. The number of rotatable bonds is 4. The van der Waals surface area contributed by atoms with Crippen LogP contribution in [-0.4, -0.2) is 30.2 Å². The molecule has 0 saturated carbocycles. The second-order valence-electron chi connectivity index (χ2n) is 3.80. The number of hydrogen-bond donors (Lipinski definition) is 0. The predicted molar refractivity (Wildman–Crippen MR) is 63.7 cm³/mol. The minimum absolute atomic E-state index is 0.0174. The van der Waals surface area contributed by atoms with E-state index < -0.39 is 11.7 Å². The van der Waals surface area contributed by atoms with Crippen molar-refractivity contribution in [2.75, 3.05) is 13.6 Å². The zero-order valence-electron chi connectivity index (χ0n) is 9.67. The van der Waals surface area contributed by atoms with Crippen LogP contribution >= 0.6 is 11.6 Å². The van der Waals surface area contributed by atoms with Crippen molar-refractivity contribution in [3.63, 3.8) is 0 Å². The minimum Gasteiger partial charge on any atom is -0.341 e. The molecule has 1 aromatic carbocycles. The first-order valence-electron chi connectivity index (χ1n) is 5.11. The van der Waals surface area contributed by atoms with E-state index in [9.17, 15) is 14.0 Å². The summed E-state index contributed by atoms with van der Waals surface area (Å²) < 4.78 is 13.4. The summed E-state index contributed by atoms with van der Waals surface area (Å²) in [5.41, 5.74) is -0.0800. The van der Waals surface area contributed by atoms with E-state index in [2.05, 4.69) is 0 Å². The summed E-state index contributed by atoms with van der Waals surface area (Å²) >= 11 is 5.70. The molecule has 0 aliphatic carbocycles. The molecule has 17 heavy (non-hydrogen) atoms. The molecule has 3 nitrogen and oxygen atoms in total. The van der Waals surface area contributed by atoms with Gasteiger partial charge in [0.25, 0.3) is 5.91 Å². The van der Waals surface area contributed by atoms with Crippen molar-refractivity contribution in [2.45, 2.75) is 13.3 Å². The molecule has 1 rings (SSSR count). The number of carbonyl (C=O) groups is 2. The van der Waals surface area contributed by atoms with E-state index in [0.29, 0.717) is 5.02 Å². The van der Waals surface area contributed by atoms with Gasteiger partial charge >= 0.3 is 0 Å². The molecule has 0 radical (unpaired) electrons. The highest BCUT2D eigenvalue weighted by atomic mass is 35.5. The Hall–Kier alpha value is -1.42. The molecule has 0 heterocycles. The Morgan fingerprint density at radius 1 is 1.41 bits per heavy atom. The lowest BCUT2D eigenvalue weighted by molar-refractivity contribution is -0.117. The average molecular weight is 258 g/mol. The maximum atomic E-state index is 13.4. The third-order valence-corrected chi connectivity index (χ3v) is 2.54. The highest BCUT2D eigenvalue weighted by Crippen LogP contribution is 2.16. The Bertz CT molecular complexity index is 448. The lowest BCUT2D eigenvalue weighted by Gasteiger charge is -2.16. The van der Waals surface area contributed by atoms with Gasteiger partial charge in [0.2, 0.25) is 0 Å². The largest absolute Gasteiger partial charge is 0.341 e. The number of hydrogen-bond acceptors (Lipinski definition) is 2. The van der Waals surface area contributed by atoms with Crippen LogP contribution in [0.3, 0.4) is 0 Å². The highest BCUT2D eigenvalue weighted by Gasteiger charge is 2.16. The number of halogens is 2. The average Bonchev–Trinajstić information content (AvgIpc) is 2.28. The van der Waals surface area contributed by atoms with Crippen molar-refractivity contribution in [2.24, 2.45) is 0 Å². The van der Waals surface area contributed by atoms with Crippen molar-refractivity contribution in [1.29, 1.82) is 0 Å². The number of nitrogens with zero attached hydrogens (tertiary/aromatic N) is 1. The molecule has 5 heteroatoms. The number of Topliss-reactive ketones (excluding diaryl/α,β-unsaturated/α-hetero) is 1. The Balaban J connectivity index is 2.81. The summed E-state index contributed by atoms with van der Waals surface area (Å²) in [6.07, 6.45) is 0.254. The zero-order chi connectivity index (χ0) is 13.0. The zero-order valence-corrected chi connectivity index (χ0v) is 10.4. The molecule has 1 aromatic rings. The van der Waals surface area contributed by atoms with Crippen molar-refractivity contribution >= 4 is 23.3 Å². The molecular formula is C12H13ClFNO2. The van der Waals surface area contributed by atoms with Crippen LogP contribution in [-0.2, 0) is 4.79 Å². The van der Waals surface area contributed by atoms with E-state index in [1.807, 2.05) is 0 Å². The Morgan fingerprint density at radius 2 is 2.06 bits per heavy atom. The summed E-state index contributed by atoms with van der Waals surface area (Å²) in [5.74, 6) is -1.11. The van der Waals surface area contributed by atoms with E-state index in [-0.39, 0.29) is 24.3 Å². The summed E-state index contributed by atoms with van der Waals surface area (Å²) in [4.78, 5) is 23.9. The molecule has 0 aliphatic rings. The Labute approximate surface area is 104 Å². The van der Waals surface area contributed by atoms with Gasteiger partial charge in [-0.15, -0.1) is 0 Å². The summed E-state index contributed by atoms with van der Waals surface area (Å²) in [6.45, 7) is 1.71. The van der Waals surface area contributed by atoms with Gasteiger partial charge < -0.3 is 4.90 Å². The molecule has 0 spiro atoms. The van der Waals surface area contributed by atoms with E-state index in [1.54, 1.807) is 0 Å². The van der Waals surface area contributed by atoms with Crippen LogP contribution in [0.25, 0.3) is 0 Å². The van der Waals surface area contributed by atoms with Gasteiger partial charge in [-0.3, -0.25) is 9.59 Å². The van der Waals surface area contributed by atoms with Gasteiger partial charge in [0.1, 0.15) is 11.6 Å². The maximum Gasteiger partial charge on any atom is 0.256 e.